The molecule has 2 saturated heterocycles. The molecule has 202 valence electrons. The third-order valence-electron chi connectivity index (χ3n) is 6.91. The van der Waals surface area contributed by atoms with Crippen molar-refractivity contribution in [3.63, 3.8) is 0 Å². The van der Waals surface area contributed by atoms with Crippen molar-refractivity contribution in [2.45, 2.75) is 37.1 Å². The number of pyridine rings is 1. The monoisotopic (exact) mass is 537 g/mol. The molecule has 1 atom stereocenters. The zero-order valence-corrected chi connectivity index (χ0v) is 20.2. The van der Waals surface area contributed by atoms with Crippen LogP contribution in [0.1, 0.15) is 6.42 Å². The molecule has 2 aliphatic heterocycles. The van der Waals surface area contributed by atoms with Crippen molar-refractivity contribution in [1.29, 1.82) is 0 Å². The zero-order valence-electron chi connectivity index (χ0n) is 20.2. The predicted molar refractivity (Wildman–Crippen MR) is 128 cm³/mol. The molecule has 10 nitrogen and oxygen atoms in total. The Morgan fingerprint density at radius 3 is 2.66 bits per heavy atom. The first-order valence-corrected chi connectivity index (χ1v) is 12.0. The van der Waals surface area contributed by atoms with Gasteiger partial charge in [-0.3, -0.25) is 4.90 Å². The Hall–Kier alpha value is -3.59. The van der Waals surface area contributed by atoms with E-state index in [1.54, 1.807) is 36.3 Å². The molecule has 0 amide bonds. The molecule has 0 unspecified atom stereocenters. The van der Waals surface area contributed by atoms with E-state index in [1.807, 2.05) is 0 Å². The van der Waals surface area contributed by atoms with Crippen LogP contribution < -0.4 is 10.6 Å². The number of imidazole rings is 1. The topological polar surface area (TPSA) is 97.4 Å². The maximum absolute atomic E-state index is 15.0. The van der Waals surface area contributed by atoms with E-state index in [0.29, 0.717) is 47.9 Å². The van der Waals surface area contributed by atoms with Crippen LogP contribution in [0, 0.1) is 0 Å². The molecule has 0 spiro atoms. The summed E-state index contributed by atoms with van der Waals surface area (Å²) < 4.78 is 76.5. The molecule has 4 aromatic rings. The van der Waals surface area contributed by atoms with Gasteiger partial charge in [0, 0.05) is 25.4 Å². The molecular formula is C23H24F5N9O. The van der Waals surface area contributed by atoms with E-state index in [-0.39, 0.29) is 30.6 Å². The predicted octanol–water partition coefficient (Wildman–Crippen LogP) is 3.27. The average molecular weight is 537 g/mol. The van der Waals surface area contributed by atoms with E-state index in [0.717, 1.165) is 10.9 Å². The fourth-order valence-electron chi connectivity index (χ4n) is 4.91. The second-order valence-electron chi connectivity index (χ2n) is 9.49. The quantitative estimate of drug-likeness (QED) is 0.362. The van der Waals surface area contributed by atoms with Gasteiger partial charge in [-0.2, -0.15) is 18.2 Å². The number of hydrogen-bond donors (Lipinski definition) is 2. The number of hydrogen-bond acceptors (Lipinski definition) is 8. The lowest BCUT2D eigenvalue weighted by Gasteiger charge is -2.44. The Morgan fingerprint density at radius 2 is 1.97 bits per heavy atom. The maximum Gasteiger partial charge on any atom is 0.406 e. The van der Waals surface area contributed by atoms with Crippen LogP contribution in [0.4, 0.5) is 33.7 Å². The summed E-state index contributed by atoms with van der Waals surface area (Å²) in [4.78, 5) is 14.6. The Kier molecular flexibility index (Phi) is 5.86. The number of piperidine rings is 1. The van der Waals surface area contributed by atoms with E-state index in [2.05, 4.69) is 30.7 Å². The number of rotatable bonds is 6. The summed E-state index contributed by atoms with van der Waals surface area (Å²) in [6, 6.07) is 3.82. The standard InChI is InChI=1S/C23H24F5N9O/c1-29-19-18-14(15-2-3-16-20(31-15)36(12-30-16)11-23(26,27)28)4-7-37(18)34-21(33-19)32-17-5-6-35(10-22(17,24)25)13-8-38-9-13/h2-4,7,12-13,17H,5-6,8-11H2,1H3,(H2,29,32,33,34)/t17-/m1/s1. The summed E-state index contributed by atoms with van der Waals surface area (Å²) in [7, 11) is 1.63. The molecule has 4 aromatic heterocycles. The van der Waals surface area contributed by atoms with Gasteiger partial charge in [0.05, 0.1) is 43.9 Å². The average Bonchev–Trinajstić information content (AvgIpc) is 3.42. The number of aromatic nitrogens is 6. The molecule has 38 heavy (non-hydrogen) atoms. The second kappa shape index (κ2) is 9.01. The normalized spacial score (nSPS) is 20.6. The van der Waals surface area contributed by atoms with Crippen LogP contribution >= 0.6 is 0 Å². The number of anilines is 2. The maximum atomic E-state index is 15.0. The van der Waals surface area contributed by atoms with E-state index < -0.39 is 24.7 Å². The van der Waals surface area contributed by atoms with E-state index in [1.165, 1.54) is 4.52 Å². The fraction of sp³-hybridized carbons (Fsp3) is 0.478. The number of ether oxygens (including phenoxy) is 1. The van der Waals surface area contributed by atoms with Crippen molar-refractivity contribution in [2.24, 2.45) is 0 Å². The van der Waals surface area contributed by atoms with Crippen LogP contribution in [0.15, 0.2) is 30.7 Å². The van der Waals surface area contributed by atoms with Gasteiger partial charge >= 0.3 is 6.18 Å². The Morgan fingerprint density at radius 1 is 1.16 bits per heavy atom. The highest BCUT2D eigenvalue weighted by molar-refractivity contribution is 5.89. The Bertz CT molecular complexity index is 1480. The third-order valence-corrected chi connectivity index (χ3v) is 6.91. The first-order chi connectivity index (χ1) is 18.1. The smallest absolute Gasteiger partial charge is 0.378 e. The highest BCUT2D eigenvalue weighted by Crippen LogP contribution is 2.34. The number of nitrogens with one attached hydrogen (secondary N) is 2. The van der Waals surface area contributed by atoms with Crippen LogP contribution in [-0.2, 0) is 11.3 Å². The molecule has 0 saturated carbocycles. The molecular weight excluding hydrogens is 513 g/mol. The molecule has 2 aliphatic rings. The highest BCUT2D eigenvalue weighted by atomic mass is 19.4. The van der Waals surface area contributed by atoms with Gasteiger partial charge in [0.1, 0.15) is 17.6 Å². The lowest BCUT2D eigenvalue weighted by Crippen LogP contribution is -2.61. The van der Waals surface area contributed by atoms with Gasteiger partial charge in [0.15, 0.2) is 11.5 Å². The van der Waals surface area contributed by atoms with Gasteiger partial charge in [-0.1, -0.05) is 0 Å². The van der Waals surface area contributed by atoms with Crippen LogP contribution in [0.3, 0.4) is 0 Å². The summed E-state index contributed by atoms with van der Waals surface area (Å²) >= 11 is 0. The van der Waals surface area contributed by atoms with Crippen molar-refractivity contribution >= 4 is 28.4 Å². The molecule has 2 fully saturated rings. The highest BCUT2D eigenvalue weighted by Gasteiger charge is 2.47. The Labute approximate surface area is 212 Å². The number of nitrogens with zero attached hydrogens (tertiary/aromatic N) is 7. The number of halogens is 5. The summed E-state index contributed by atoms with van der Waals surface area (Å²) in [5.74, 6) is -2.62. The first-order valence-electron chi connectivity index (χ1n) is 12.0. The largest absolute Gasteiger partial charge is 0.406 e. The van der Waals surface area contributed by atoms with Gasteiger partial charge in [-0.05, 0) is 24.6 Å². The Balaban J connectivity index is 1.30. The molecule has 6 rings (SSSR count). The van der Waals surface area contributed by atoms with Crippen molar-refractivity contribution in [1.82, 2.24) is 34.0 Å². The molecule has 0 bridgehead atoms. The minimum Gasteiger partial charge on any atom is -0.378 e. The summed E-state index contributed by atoms with van der Waals surface area (Å²) in [6.45, 7) is -0.125. The third kappa shape index (κ3) is 4.49. The SMILES string of the molecule is CNc1nc(N[C@@H]2CCN(C3COC3)CC2(F)F)nn2ccc(-c3ccc4ncn(CC(F)(F)F)c4n3)c12. The summed E-state index contributed by atoms with van der Waals surface area (Å²) in [5, 5.41) is 10.2. The van der Waals surface area contributed by atoms with Crippen LogP contribution in [-0.4, -0.2) is 91.6 Å². The number of fused-ring (bicyclic) bond motifs is 2. The van der Waals surface area contributed by atoms with Crippen molar-refractivity contribution in [2.75, 3.05) is 44.0 Å². The number of alkyl halides is 5. The van der Waals surface area contributed by atoms with Crippen LogP contribution in [0.5, 0.6) is 0 Å². The number of likely N-dealkylation sites (tertiary alicyclic amines) is 1. The van der Waals surface area contributed by atoms with E-state index in [4.69, 9.17) is 4.74 Å². The molecule has 15 heteroatoms. The van der Waals surface area contributed by atoms with Crippen molar-refractivity contribution < 1.29 is 26.7 Å². The fourth-order valence-corrected chi connectivity index (χ4v) is 4.91. The lowest BCUT2D eigenvalue weighted by atomic mass is 9.98. The lowest BCUT2D eigenvalue weighted by molar-refractivity contribution is -0.140. The molecule has 0 aromatic carbocycles. The van der Waals surface area contributed by atoms with Crippen LogP contribution in [0.25, 0.3) is 27.9 Å². The van der Waals surface area contributed by atoms with Gasteiger partial charge in [0.25, 0.3) is 5.92 Å². The second-order valence-corrected chi connectivity index (χ2v) is 9.49. The van der Waals surface area contributed by atoms with Gasteiger partial charge < -0.3 is 19.9 Å². The van der Waals surface area contributed by atoms with Gasteiger partial charge in [-0.15, -0.1) is 5.10 Å². The molecule has 2 N–H and O–H groups in total. The zero-order chi connectivity index (χ0) is 26.7. The first kappa shape index (κ1) is 24.7. The molecule has 0 aliphatic carbocycles. The minimum atomic E-state index is -4.43. The minimum absolute atomic E-state index is 0.0285. The van der Waals surface area contributed by atoms with E-state index >= 15 is 0 Å². The molecule has 6 heterocycles. The molecule has 0 radical (unpaired) electrons. The van der Waals surface area contributed by atoms with Crippen LogP contribution in [0.2, 0.25) is 0 Å². The summed E-state index contributed by atoms with van der Waals surface area (Å²) in [6.07, 6.45) is -1.49. The van der Waals surface area contributed by atoms with Gasteiger partial charge in [0.2, 0.25) is 5.95 Å². The van der Waals surface area contributed by atoms with E-state index in [9.17, 15) is 22.0 Å². The van der Waals surface area contributed by atoms with Crippen molar-refractivity contribution in [3.05, 3.63) is 30.7 Å². The summed E-state index contributed by atoms with van der Waals surface area (Å²) in [5.41, 5.74) is 1.87. The van der Waals surface area contributed by atoms with Crippen molar-refractivity contribution in [3.8, 4) is 11.3 Å². The van der Waals surface area contributed by atoms with Gasteiger partial charge in [-0.25, -0.2) is 23.3 Å².